The summed E-state index contributed by atoms with van der Waals surface area (Å²) in [6.45, 7) is 2.14. The third-order valence-corrected chi connectivity index (χ3v) is 8.54. The first kappa shape index (κ1) is 25.2. The molecule has 0 spiro atoms. The highest BCUT2D eigenvalue weighted by Crippen LogP contribution is 2.44. The minimum Gasteiger partial charge on any atom is -0.330 e. The Labute approximate surface area is 216 Å². The van der Waals surface area contributed by atoms with Crippen molar-refractivity contribution in [1.82, 2.24) is 9.55 Å². The first-order chi connectivity index (χ1) is 16.1. The van der Waals surface area contributed by atoms with Crippen LogP contribution in [0.15, 0.2) is 58.2 Å². The van der Waals surface area contributed by atoms with Crippen LogP contribution in [0, 0.1) is 0 Å². The minimum atomic E-state index is -3.72. The van der Waals surface area contributed by atoms with Crippen LogP contribution in [0.1, 0.15) is 25.3 Å². The highest BCUT2D eigenvalue weighted by atomic mass is 79.9. The summed E-state index contributed by atoms with van der Waals surface area (Å²) in [5.74, 6) is -0.198. The molecule has 4 rings (SSSR count). The number of unbranched alkanes of at least 4 members (excludes halogenated alkanes) is 1. The zero-order valence-electron chi connectivity index (χ0n) is 18.3. The molecule has 1 amide bonds. The van der Waals surface area contributed by atoms with Gasteiger partial charge in [-0.25, -0.2) is 18.3 Å². The van der Waals surface area contributed by atoms with E-state index in [0.717, 1.165) is 10.0 Å². The normalized spacial score (nSPS) is 17.9. The molecule has 1 aromatic heterocycles. The van der Waals surface area contributed by atoms with Crippen molar-refractivity contribution in [3.8, 4) is 0 Å². The summed E-state index contributed by atoms with van der Waals surface area (Å²) in [6.07, 6.45) is 2.59. The third-order valence-electron chi connectivity index (χ3n) is 5.82. The average Bonchev–Trinajstić information content (AvgIpc) is 3.28. The quantitative estimate of drug-likeness (QED) is 0.371. The molecule has 0 radical (unpaired) electrons. The second kappa shape index (κ2) is 9.62. The predicted molar refractivity (Wildman–Crippen MR) is 138 cm³/mol. The minimum absolute atomic E-state index is 0.00288. The Morgan fingerprint density at radius 3 is 2.35 bits per heavy atom. The second-order valence-corrected chi connectivity index (χ2v) is 12.2. The van der Waals surface area contributed by atoms with Crippen LogP contribution in [-0.2, 0) is 26.6 Å². The van der Waals surface area contributed by atoms with Crippen molar-refractivity contribution in [1.29, 1.82) is 0 Å². The van der Waals surface area contributed by atoms with Crippen LogP contribution in [0.3, 0.4) is 0 Å². The van der Waals surface area contributed by atoms with Gasteiger partial charge in [-0.1, -0.05) is 51.3 Å². The Kier molecular flexibility index (Phi) is 7.13. The molecule has 0 saturated heterocycles. The van der Waals surface area contributed by atoms with Crippen LogP contribution < -0.4 is 10.6 Å². The fourth-order valence-electron chi connectivity index (χ4n) is 4.19. The number of benzene rings is 2. The maximum absolute atomic E-state index is 13.9. The number of imidazole rings is 1. The number of nitrogens with zero attached hydrogens (tertiary/aromatic N) is 3. The summed E-state index contributed by atoms with van der Waals surface area (Å²) in [5, 5.41) is 0.706. The van der Waals surface area contributed by atoms with E-state index in [1.807, 2.05) is 24.3 Å². The maximum Gasteiger partial charge on any atom is 0.260 e. The number of halogens is 3. The summed E-state index contributed by atoms with van der Waals surface area (Å²) in [4.78, 5) is 19.7. The highest BCUT2D eigenvalue weighted by molar-refractivity contribution is 9.10. The molecular formula is C23H23BrCl2N4O3S. The molecule has 0 fully saturated rings. The molecule has 2 aromatic carbocycles. The van der Waals surface area contributed by atoms with Crippen LogP contribution in [0.4, 0.5) is 11.6 Å². The van der Waals surface area contributed by atoms with Crippen LogP contribution in [-0.4, -0.2) is 36.2 Å². The molecule has 11 heteroatoms. The van der Waals surface area contributed by atoms with Gasteiger partial charge in [0.25, 0.3) is 5.91 Å². The van der Waals surface area contributed by atoms with Crippen molar-refractivity contribution in [2.45, 2.75) is 36.8 Å². The van der Waals surface area contributed by atoms with E-state index in [-0.39, 0.29) is 29.1 Å². The lowest BCUT2D eigenvalue weighted by molar-refractivity contribution is -0.124. The monoisotopic (exact) mass is 584 g/mol. The van der Waals surface area contributed by atoms with Gasteiger partial charge in [0.2, 0.25) is 5.95 Å². The molecule has 1 aliphatic rings. The Morgan fingerprint density at radius 1 is 1.09 bits per heavy atom. The van der Waals surface area contributed by atoms with Crippen LogP contribution in [0.2, 0.25) is 10.0 Å². The number of anilines is 2. The fourth-order valence-corrected chi connectivity index (χ4v) is 6.54. The highest BCUT2D eigenvalue weighted by Gasteiger charge is 2.51. The number of nitrogens with two attached hydrogens (primary N) is 1. The molecule has 0 unspecified atom stereocenters. The largest absolute Gasteiger partial charge is 0.330 e. The van der Waals surface area contributed by atoms with Crippen molar-refractivity contribution >= 4 is 66.5 Å². The van der Waals surface area contributed by atoms with Crippen molar-refractivity contribution in [3.05, 3.63) is 68.7 Å². The molecule has 7 nitrogen and oxygen atoms in total. The van der Waals surface area contributed by atoms with E-state index < -0.39 is 15.4 Å². The molecular weight excluding hydrogens is 563 g/mol. The summed E-state index contributed by atoms with van der Waals surface area (Å²) in [6, 6.07) is 12.3. The number of hydrogen-bond donors (Lipinski definition) is 1. The van der Waals surface area contributed by atoms with E-state index in [1.165, 1.54) is 15.7 Å². The van der Waals surface area contributed by atoms with E-state index in [9.17, 15) is 13.2 Å². The molecule has 34 heavy (non-hydrogen) atoms. The average molecular weight is 586 g/mol. The summed E-state index contributed by atoms with van der Waals surface area (Å²) in [7, 11) is -3.72. The Morgan fingerprint density at radius 2 is 1.74 bits per heavy atom. The van der Waals surface area contributed by atoms with Gasteiger partial charge in [0.05, 0.1) is 17.6 Å². The van der Waals surface area contributed by atoms with Crippen LogP contribution >= 0.6 is 39.1 Å². The van der Waals surface area contributed by atoms with Gasteiger partial charge in [0.15, 0.2) is 14.9 Å². The Balaban J connectivity index is 1.87. The Bertz CT molecular complexity index is 1320. The van der Waals surface area contributed by atoms with Crippen molar-refractivity contribution in [3.63, 3.8) is 0 Å². The third kappa shape index (κ3) is 4.64. The lowest BCUT2D eigenvalue weighted by Crippen LogP contribution is -2.42. The number of hydrogen-bond acceptors (Lipinski definition) is 5. The molecule has 1 aliphatic heterocycles. The topological polar surface area (TPSA) is 98.3 Å². The predicted octanol–water partition coefficient (Wildman–Crippen LogP) is 5.10. The van der Waals surface area contributed by atoms with Gasteiger partial charge in [-0.3, -0.25) is 9.36 Å². The first-order valence-electron chi connectivity index (χ1n) is 10.6. The SMILES string of the molecule is C[C@@]1(Cc2ccc(Br)cc2)C(=O)N(c2cc(Cl)cc(Cl)c2)c2ncc(S(=O)(=O)CCCCN)n21. The molecule has 180 valence electrons. The lowest BCUT2D eigenvalue weighted by atomic mass is 9.92. The van der Waals surface area contributed by atoms with Crippen molar-refractivity contribution < 1.29 is 13.2 Å². The molecule has 0 aliphatic carbocycles. The van der Waals surface area contributed by atoms with Gasteiger partial charge in [-0.05, 0) is 62.2 Å². The lowest BCUT2D eigenvalue weighted by Gasteiger charge is -2.26. The van der Waals surface area contributed by atoms with E-state index >= 15 is 0 Å². The number of carbonyl (C=O) groups is 1. The molecule has 1 atom stereocenters. The van der Waals surface area contributed by atoms with E-state index in [1.54, 1.807) is 25.1 Å². The van der Waals surface area contributed by atoms with Gasteiger partial charge in [-0.15, -0.1) is 0 Å². The van der Waals surface area contributed by atoms with Crippen molar-refractivity contribution in [2.75, 3.05) is 17.2 Å². The summed E-state index contributed by atoms with van der Waals surface area (Å²) >= 11 is 15.8. The number of amides is 1. The van der Waals surface area contributed by atoms with Gasteiger partial charge < -0.3 is 5.73 Å². The van der Waals surface area contributed by atoms with Crippen LogP contribution in [0.25, 0.3) is 0 Å². The van der Waals surface area contributed by atoms with Gasteiger partial charge in [0.1, 0.15) is 5.54 Å². The zero-order valence-corrected chi connectivity index (χ0v) is 22.3. The first-order valence-corrected chi connectivity index (χ1v) is 13.8. The molecule has 3 aromatic rings. The zero-order chi connectivity index (χ0) is 24.7. The molecule has 2 heterocycles. The Hall–Kier alpha value is -1.91. The summed E-state index contributed by atoms with van der Waals surface area (Å²) < 4.78 is 29.0. The number of sulfone groups is 1. The number of aromatic nitrogens is 2. The van der Waals surface area contributed by atoms with E-state index in [0.29, 0.717) is 35.1 Å². The number of rotatable bonds is 8. The number of fused-ring (bicyclic) bond motifs is 1. The summed E-state index contributed by atoms with van der Waals surface area (Å²) in [5.41, 5.74) is 5.59. The fraction of sp³-hybridized carbons (Fsp3) is 0.304. The molecule has 0 bridgehead atoms. The molecule has 0 saturated carbocycles. The number of carbonyl (C=O) groups excluding carboxylic acids is 1. The van der Waals surface area contributed by atoms with E-state index in [2.05, 4.69) is 20.9 Å². The smallest absolute Gasteiger partial charge is 0.260 e. The molecule has 2 N–H and O–H groups in total. The van der Waals surface area contributed by atoms with Gasteiger partial charge in [-0.2, -0.15) is 0 Å². The van der Waals surface area contributed by atoms with Crippen LogP contribution in [0.5, 0.6) is 0 Å². The second-order valence-electron chi connectivity index (χ2n) is 8.39. The van der Waals surface area contributed by atoms with Gasteiger partial charge in [0, 0.05) is 20.9 Å². The van der Waals surface area contributed by atoms with Gasteiger partial charge >= 0.3 is 0 Å². The van der Waals surface area contributed by atoms with Crippen molar-refractivity contribution in [2.24, 2.45) is 5.73 Å². The maximum atomic E-state index is 13.9. The van der Waals surface area contributed by atoms with E-state index in [4.69, 9.17) is 28.9 Å². The standard InChI is InChI=1S/C23H23BrCl2N4O3S/c1-23(13-15-4-6-16(24)7-5-15)21(31)29(19-11-17(25)10-18(26)12-19)22-28-14-20(30(22)23)34(32,33)9-3-2-8-27/h4-7,10-12,14H,2-3,8-9,13,27H2,1H3/t23-/m1/s1.